The minimum Gasteiger partial charge on any atom is -1.00 e. The van der Waals surface area contributed by atoms with Gasteiger partial charge in [-0.15, -0.1) is 0 Å². The van der Waals surface area contributed by atoms with Gasteiger partial charge in [0.25, 0.3) is 0 Å². The summed E-state index contributed by atoms with van der Waals surface area (Å²) < 4.78 is 8.74. The van der Waals surface area contributed by atoms with Crippen LogP contribution in [0.1, 0.15) is 2.85 Å². The summed E-state index contributed by atoms with van der Waals surface area (Å²) in [7, 11) is -3.13. The second kappa shape index (κ2) is 10.3. The monoisotopic (exact) mass is 307 g/mol. The van der Waals surface area contributed by atoms with Gasteiger partial charge in [0.2, 0.25) is 0 Å². The largest absolute Gasteiger partial charge is 2.00 e. The van der Waals surface area contributed by atoms with Gasteiger partial charge >= 0.3 is 58.1 Å². The van der Waals surface area contributed by atoms with Crippen LogP contribution in [0.5, 0.6) is 0 Å². The number of hydrogen-bond acceptors (Lipinski definition) is 1. The van der Waals surface area contributed by atoms with E-state index in [9.17, 15) is 0 Å². The van der Waals surface area contributed by atoms with Gasteiger partial charge in [0.05, 0.1) is 0 Å². The zero-order valence-corrected chi connectivity index (χ0v) is 11.4. The molecule has 0 bridgehead atoms. The van der Waals surface area contributed by atoms with Crippen LogP contribution < -0.4 is 0 Å². The Bertz CT molecular complexity index is 40.3. The van der Waals surface area contributed by atoms with Crippen molar-refractivity contribution in [2.24, 2.45) is 0 Å². The zero-order chi connectivity index (χ0) is 3.58. The van der Waals surface area contributed by atoms with Gasteiger partial charge in [-0.05, 0) is 0 Å². The SMILES string of the molecule is O=[Si](O)O.[Ba+2].[H-].[H-].[Y]. The molecule has 0 aliphatic carbocycles. The molecular weight excluding hydrogens is 302 g/mol. The van der Waals surface area contributed by atoms with E-state index in [1.165, 1.54) is 0 Å². The van der Waals surface area contributed by atoms with Crippen molar-refractivity contribution in [3.63, 3.8) is 0 Å². The first kappa shape index (κ1) is 15.7. The molecule has 3 nitrogen and oxygen atoms in total. The third-order valence-corrected chi connectivity index (χ3v) is 0. The van der Waals surface area contributed by atoms with Crippen LogP contribution in [-0.2, 0) is 37.2 Å². The van der Waals surface area contributed by atoms with Gasteiger partial charge in [0.15, 0.2) is 0 Å². The summed E-state index contributed by atoms with van der Waals surface area (Å²) in [5.41, 5.74) is 0. The molecule has 0 aromatic heterocycles. The van der Waals surface area contributed by atoms with Crippen LogP contribution in [0.4, 0.5) is 0 Å². The Balaban J connectivity index is -0.00000000750. The molecule has 0 aliphatic heterocycles. The average molecular weight is 306 g/mol. The van der Waals surface area contributed by atoms with Gasteiger partial charge in [-0.1, -0.05) is 0 Å². The third kappa shape index (κ3) is 33.5. The van der Waals surface area contributed by atoms with Crippen molar-refractivity contribution in [3.8, 4) is 0 Å². The first-order chi connectivity index (χ1) is 1.73. The first-order valence-corrected chi connectivity index (χ1v) is 1.95. The van der Waals surface area contributed by atoms with Crippen molar-refractivity contribution in [3.05, 3.63) is 0 Å². The smallest absolute Gasteiger partial charge is 1.00 e. The molecule has 1 radical (unpaired) electrons. The fraction of sp³-hybridized carbons (Fsp3) is 0. The maximum atomic E-state index is 8.74. The molecular formula is H4BaO3SiY. The maximum absolute atomic E-state index is 8.74. The Hall–Kier alpha value is 2.29. The first-order valence-electron chi connectivity index (χ1n) is 0.651. The number of rotatable bonds is 0. The van der Waals surface area contributed by atoms with E-state index in [-0.39, 0.29) is 84.4 Å². The van der Waals surface area contributed by atoms with Crippen molar-refractivity contribution >= 4 is 58.1 Å². The Morgan fingerprint density at radius 3 is 1.50 bits per heavy atom. The van der Waals surface area contributed by atoms with Crippen LogP contribution in [0.15, 0.2) is 0 Å². The summed E-state index contributed by atoms with van der Waals surface area (Å²) in [6.45, 7) is 0. The van der Waals surface area contributed by atoms with Crippen molar-refractivity contribution < 1.29 is 49.6 Å². The molecule has 0 amide bonds. The van der Waals surface area contributed by atoms with Crippen molar-refractivity contribution in [2.45, 2.75) is 0 Å². The molecule has 6 heteroatoms. The summed E-state index contributed by atoms with van der Waals surface area (Å²) in [5.74, 6) is 0. The van der Waals surface area contributed by atoms with Crippen LogP contribution in [0.3, 0.4) is 0 Å². The Morgan fingerprint density at radius 1 is 1.50 bits per heavy atom. The fourth-order valence-electron chi connectivity index (χ4n) is 0. The minimum atomic E-state index is -3.13. The minimum absolute atomic E-state index is 0. The Labute approximate surface area is 105 Å². The average Bonchev–Trinajstić information content (AvgIpc) is 0.811. The third-order valence-electron chi connectivity index (χ3n) is 0. The van der Waals surface area contributed by atoms with E-state index in [4.69, 9.17) is 14.1 Å². The standard InChI is InChI=1S/Ba.H2O3Si.Y.2H/c;1-4(2)3;;;/h;1-2H;;;/q+2;;;2*-1. The Morgan fingerprint density at radius 2 is 1.50 bits per heavy atom. The van der Waals surface area contributed by atoms with Crippen molar-refractivity contribution in [2.75, 3.05) is 0 Å². The molecule has 0 aromatic rings. The summed E-state index contributed by atoms with van der Waals surface area (Å²) in [4.78, 5) is 14.3. The molecule has 2 N–H and O–H groups in total. The molecule has 0 unspecified atom stereocenters. The van der Waals surface area contributed by atoms with Crippen LogP contribution in [0.25, 0.3) is 0 Å². The van der Waals surface area contributed by atoms with Crippen LogP contribution in [0.2, 0.25) is 0 Å². The van der Waals surface area contributed by atoms with Gasteiger partial charge in [-0.25, -0.2) is 0 Å². The maximum Gasteiger partial charge on any atom is 2.00 e. The van der Waals surface area contributed by atoms with Gasteiger partial charge in [-0.2, -0.15) is 0 Å². The van der Waals surface area contributed by atoms with E-state index in [1.807, 2.05) is 0 Å². The molecule has 0 atom stereocenters. The summed E-state index contributed by atoms with van der Waals surface area (Å²) >= 11 is 0. The zero-order valence-electron chi connectivity index (χ0n) is 5.09. The van der Waals surface area contributed by atoms with E-state index in [1.54, 1.807) is 0 Å². The second-order valence-corrected chi connectivity index (χ2v) is 0.848. The van der Waals surface area contributed by atoms with Crippen molar-refractivity contribution in [1.82, 2.24) is 0 Å². The van der Waals surface area contributed by atoms with E-state index in [0.29, 0.717) is 0 Å². The fourth-order valence-corrected chi connectivity index (χ4v) is 0. The van der Waals surface area contributed by atoms with Crippen LogP contribution in [-0.4, -0.2) is 67.6 Å². The molecule has 0 heterocycles. The van der Waals surface area contributed by atoms with Crippen molar-refractivity contribution in [1.29, 1.82) is 0 Å². The number of hydrogen-bond donors (Lipinski definition) is 2. The molecule has 0 spiro atoms. The molecule has 31 valence electrons. The Kier molecular flexibility index (Phi) is 27.0. The summed E-state index contributed by atoms with van der Waals surface area (Å²) in [6.07, 6.45) is 0. The second-order valence-electron chi connectivity index (χ2n) is 0.283. The summed E-state index contributed by atoms with van der Waals surface area (Å²) in [6, 6.07) is 0. The molecule has 0 aliphatic rings. The van der Waals surface area contributed by atoms with E-state index in [2.05, 4.69) is 0 Å². The van der Waals surface area contributed by atoms with E-state index in [0.717, 1.165) is 0 Å². The van der Waals surface area contributed by atoms with Gasteiger partial charge < -0.3 is 12.4 Å². The molecule has 0 saturated heterocycles. The van der Waals surface area contributed by atoms with E-state index < -0.39 is 9.17 Å². The molecule has 6 heavy (non-hydrogen) atoms. The van der Waals surface area contributed by atoms with Crippen LogP contribution >= 0.6 is 0 Å². The van der Waals surface area contributed by atoms with Gasteiger partial charge in [0.1, 0.15) is 0 Å². The molecule has 0 saturated carbocycles. The van der Waals surface area contributed by atoms with Gasteiger partial charge in [-0.3, -0.25) is 4.46 Å². The molecule has 0 aromatic carbocycles. The topological polar surface area (TPSA) is 57.5 Å². The molecule has 0 fully saturated rings. The van der Waals surface area contributed by atoms with Gasteiger partial charge in [0, 0.05) is 32.7 Å². The molecule has 0 rings (SSSR count). The predicted molar refractivity (Wildman–Crippen MR) is 18.9 cm³/mol. The predicted octanol–water partition coefficient (Wildman–Crippen LogP) is -1.77. The van der Waals surface area contributed by atoms with E-state index >= 15 is 0 Å². The normalized spacial score (nSPS) is 4.00. The quantitative estimate of drug-likeness (QED) is 0.521. The van der Waals surface area contributed by atoms with Crippen LogP contribution in [0, 0.1) is 0 Å². The summed E-state index contributed by atoms with van der Waals surface area (Å²) in [5, 5.41) is 0.